The minimum absolute atomic E-state index is 0.110. The van der Waals surface area contributed by atoms with E-state index in [9.17, 15) is 9.59 Å². The third kappa shape index (κ3) is 3.81. The number of rotatable bonds is 4. The summed E-state index contributed by atoms with van der Waals surface area (Å²) in [4.78, 5) is 31.3. The van der Waals surface area contributed by atoms with Gasteiger partial charge in [-0.1, -0.05) is 36.4 Å². The fraction of sp³-hybridized carbons (Fsp3) is 0.150. The fourth-order valence-electron chi connectivity index (χ4n) is 2.49. The molecule has 0 saturated heterocycles. The number of carbonyl (C=O) groups is 2. The van der Waals surface area contributed by atoms with Gasteiger partial charge in [-0.3, -0.25) is 9.59 Å². The van der Waals surface area contributed by atoms with Crippen LogP contribution in [0.3, 0.4) is 0 Å². The Morgan fingerprint density at radius 3 is 2.46 bits per heavy atom. The first-order valence-corrected chi connectivity index (χ1v) is 8.93. The number of hydrogen-bond donors (Lipinski definition) is 1. The second-order valence-electron chi connectivity index (χ2n) is 6.03. The van der Waals surface area contributed by atoms with Crippen molar-refractivity contribution < 1.29 is 9.59 Å². The van der Waals surface area contributed by atoms with E-state index in [4.69, 9.17) is 0 Å². The largest absolute Gasteiger partial charge is 0.345 e. The van der Waals surface area contributed by atoms with Crippen LogP contribution in [0.5, 0.6) is 0 Å². The van der Waals surface area contributed by atoms with Crippen LogP contribution in [0.4, 0.5) is 5.69 Å². The summed E-state index contributed by atoms with van der Waals surface area (Å²) >= 11 is 1.36. The highest BCUT2D eigenvalue weighted by Gasteiger charge is 2.17. The Balaban J connectivity index is 1.82. The standard InChI is InChI=1S/C20H19N3O2S/c1-13-17(26-19(21-13)14-8-5-4-6-9-14)18(24)22-16-11-7-10-15(12-16)20(25)23(2)3/h4-12H,1-3H3,(H,22,24). The van der Waals surface area contributed by atoms with E-state index in [0.717, 1.165) is 10.6 Å². The van der Waals surface area contributed by atoms with Gasteiger partial charge in [0.05, 0.1) is 5.69 Å². The highest BCUT2D eigenvalue weighted by Crippen LogP contribution is 2.28. The Hall–Kier alpha value is -2.99. The number of carbonyl (C=O) groups excluding carboxylic acids is 2. The lowest BCUT2D eigenvalue weighted by Crippen LogP contribution is -2.21. The highest BCUT2D eigenvalue weighted by molar-refractivity contribution is 7.17. The first-order valence-electron chi connectivity index (χ1n) is 8.11. The molecule has 1 heterocycles. The van der Waals surface area contributed by atoms with Gasteiger partial charge in [-0.05, 0) is 25.1 Å². The molecule has 2 amide bonds. The van der Waals surface area contributed by atoms with Crippen LogP contribution >= 0.6 is 11.3 Å². The van der Waals surface area contributed by atoms with Gasteiger partial charge in [-0.25, -0.2) is 4.98 Å². The smallest absolute Gasteiger partial charge is 0.267 e. The number of aromatic nitrogens is 1. The molecule has 6 heteroatoms. The number of anilines is 1. The molecule has 3 rings (SSSR count). The molecule has 1 N–H and O–H groups in total. The van der Waals surface area contributed by atoms with Crippen molar-refractivity contribution in [2.45, 2.75) is 6.92 Å². The van der Waals surface area contributed by atoms with Gasteiger partial charge in [0.25, 0.3) is 11.8 Å². The molecule has 26 heavy (non-hydrogen) atoms. The molecule has 2 aromatic carbocycles. The Kier molecular flexibility index (Phi) is 5.14. The molecule has 0 saturated carbocycles. The summed E-state index contributed by atoms with van der Waals surface area (Å²) in [5, 5.41) is 3.67. The number of nitrogens with zero attached hydrogens (tertiary/aromatic N) is 2. The minimum Gasteiger partial charge on any atom is -0.345 e. The average molecular weight is 365 g/mol. The van der Waals surface area contributed by atoms with Crippen LogP contribution in [0, 0.1) is 6.92 Å². The van der Waals surface area contributed by atoms with Gasteiger partial charge in [0.2, 0.25) is 0 Å². The molecule has 0 aliphatic carbocycles. The van der Waals surface area contributed by atoms with Crippen LogP contribution in [-0.4, -0.2) is 35.8 Å². The van der Waals surface area contributed by atoms with Crippen molar-refractivity contribution in [3.05, 3.63) is 70.7 Å². The Morgan fingerprint density at radius 1 is 1.04 bits per heavy atom. The molecule has 0 fully saturated rings. The molecule has 0 bridgehead atoms. The zero-order chi connectivity index (χ0) is 18.7. The molecular weight excluding hydrogens is 346 g/mol. The predicted octanol–water partition coefficient (Wildman–Crippen LogP) is 4.07. The SMILES string of the molecule is Cc1nc(-c2ccccc2)sc1C(=O)Nc1cccc(C(=O)N(C)C)c1. The summed E-state index contributed by atoms with van der Waals surface area (Å²) in [6, 6.07) is 16.7. The lowest BCUT2D eigenvalue weighted by molar-refractivity contribution is 0.0827. The van der Waals surface area contributed by atoms with Crippen molar-refractivity contribution in [2.75, 3.05) is 19.4 Å². The molecule has 0 atom stereocenters. The number of aryl methyl sites for hydroxylation is 1. The first kappa shape index (κ1) is 17.8. The van der Waals surface area contributed by atoms with E-state index in [2.05, 4.69) is 10.3 Å². The molecule has 5 nitrogen and oxygen atoms in total. The van der Waals surface area contributed by atoms with Gasteiger partial charge in [0.15, 0.2) is 0 Å². The van der Waals surface area contributed by atoms with Crippen LogP contribution in [0.2, 0.25) is 0 Å². The summed E-state index contributed by atoms with van der Waals surface area (Å²) in [6.45, 7) is 1.82. The summed E-state index contributed by atoms with van der Waals surface area (Å²) in [5.74, 6) is -0.335. The van der Waals surface area contributed by atoms with Crippen molar-refractivity contribution in [3.8, 4) is 10.6 Å². The van der Waals surface area contributed by atoms with Crippen molar-refractivity contribution in [1.29, 1.82) is 0 Å². The summed E-state index contributed by atoms with van der Waals surface area (Å²) in [6.07, 6.45) is 0. The topological polar surface area (TPSA) is 62.3 Å². The summed E-state index contributed by atoms with van der Waals surface area (Å²) in [7, 11) is 3.39. The third-order valence-corrected chi connectivity index (χ3v) is 5.00. The predicted molar refractivity (Wildman–Crippen MR) is 105 cm³/mol. The van der Waals surface area contributed by atoms with Gasteiger partial charge >= 0.3 is 0 Å². The Bertz CT molecular complexity index is 949. The van der Waals surface area contributed by atoms with Crippen molar-refractivity contribution in [3.63, 3.8) is 0 Å². The minimum atomic E-state index is -0.225. The molecule has 0 aliphatic rings. The van der Waals surface area contributed by atoms with Gasteiger partial charge in [0, 0.05) is 30.9 Å². The maximum Gasteiger partial charge on any atom is 0.267 e. The molecule has 1 aromatic heterocycles. The molecular formula is C20H19N3O2S. The number of amides is 2. The zero-order valence-corrected chi connectivity index (χ0v) is 15.6. The van der Waals surface area contributed by atoms with Gasteiger partial charge in [0.1, 0.15) is 9.88 Å². The van der Waals surface area contributed by atoms with E-state index in [1.165, 1.54) is 16.2 Å². The summed E-state index contributed by atoms with van der Waals surface area (Å²) in [5.41, 5.74) is 2.78. The number of benzene rings is 2. The van der Waals surface area contributed by atoms with E-state index < -0.39 is 0 Å². The maximum absolute atomic E-state index is 12.7. The molecule has 132 valence electrons. The van der Waals surface area contributed by atoms with Gasteiger partial charge in [-0.15, -0.1) is 11.3 Å². The number of nitrogens with one attached hydrogen (secondary N) is 1. The molecule has 0 aliphatic heterocycles. The Labute approximate surface area is 156 Å². The second kappa shape index (κ2) is 7.49. The maximum atomic E-state index is 12.7. The molecule has 0 radical (unpaired) electrons. The monoisotopic (exact) mass is 365 g/mol. The van der Waals surface area contributed by atoms with Crippen LogP contribution < -0.4 is 5.32 Å². The van der Waals surface area contributed by atoms with Gasteiger partial charge < -0.3 is 10.2 Å². The third-order valence-electron chi connectivity index (χ3n) is 3.80. The quantitative estimate of drug-likeness (QED) is 0.758. The Morgan fingerprint density at radius 2 is 1.77 bits per heavy atom. The van der Waals surface area contributed by atoms with E-state index >= 15 is 0 Å². The second-order valence-corrected chi connectivity index (χ2v) is 7.03. The van der Waals surface area contributed by atoms with Crippen molar-refractivity contribution in [2.24, 2.45) is 0 Å². The number of thiazole rings is 1. The average Bonchev–Trinajstić information content (AvgIpc) is 3.04. The van der Waals surface area contributed by atoms with E-state index in [1.807, 2.05) is 37.3 Å². The van der Waals surface area contributed by atoms with E-state index in [1.54, 1.807) is 38.4 Å². The highest BCUT2D eigenvalue weighted by atomic mass is 32.1. The summed E-state index contributed by atoms with van der Waals surface area (Å²) < 4.78 is 0. The van der Waals surface area contributed by atoms with Crippen LogP contribution in [-0.2, 0) is 0 Å². The number of hydrogen-bond acceptors (Lipinski definition) is 4. The normalized spacial score (nSPS) is 10.4. The van der Waals surface area contributed by atoms with Crippen LogP contribution in [0.25, 0.3) is 10.6 Å². The molecule has 0 spiro atoms. The fourth-order valence-corrected chi connectivity index (χ4v) is 3.45. The van der Waals surface area contributed by atoms with Crippen molar-refractivity contribution in [1.82, 2.24) is 9.88 Å². The lowest BCUT2D eigenvalue weighted by Gasteiger charge is -2.11. The first-order chi connectivity index (χ1) is 12.5. The van der Waals surface area contributed by atoms with Crippen LogP contribution in [0.15, 0.2) is 54.6 Å². The van der Waals surface area contributed by atoms with Gasteiger partial charge in [-0.2, -0.15) is 0 Å². The van der Waals surface area contributed by atoms with E-state index in [-0.39, 0.29) is 11.8 Å². The lowest BCUT2D eigenvalue weighted by atomic mass is 10.2. The molecule has 0 unspecified atom stereocenters. The van der Waals surface area contributed by atoms with E-state index in [0.29, 0.717) is 21.8 Å². The van der Waals surface area contributed by atoms with Crippen LogP contribution in [0.1, 0.15) is 25.7 Å². The zero-order valence-electron chi connectivity index (χ0n) is 14.8. The van der Waals surface area contributed by atoms with Crippen molar-refractivity contribution >= 4 is 28.8 Å². The molecule has 3 aromatic rings.